The van der Waals surface area contributed by atoms with Crippen molar-refractivity contribution in [1.29, 1.82) is 0 Å². The van der Waals surface area contributed by atoms with E-state index in [0.717, 1.165) is 53.9 Å². The zero-order valence-corrected chi connectivity index (χ0v) is 15.6. The van der Waals surface area contributed by atoms with E-state index in [0.29, 0.717) is 11.0 Å². The van der Waals surface area contributed by atoms with Gasteiger partial charge in [0.15, 0.2) is 5.82 Å². The zero-order chi connectivity index (χ0) is 19.8. The Hall–Kier alpha value is -3.68. The zero-order valence-electron chi connectivity index (χ0n) is 15.6. The predicted molar refractivity (Wildman–Crippen MR) is 109 cm³/mol. The van der Waals surface area contributed by atoms with Crippen LogP contribution in [-0.4, -0.2) is 44.5 Å². The van der Waals surface area contributed by atoms with Crippen LogP contribution in [0.3, 0.4) is 0 Å². The third kappa shape index (κ3) is 3.33. The second kappa shape index (κ2) is 7.05. The lowest BCUT2D eigenvalue weighted by atomic mass is 10.1. The Morgan fingerprint density at radius 2 is 1.90 bits per heavy atom. The second-order valence-electron chi connectivity index (χ2n) is 7.13. The van der Waals surface area contributed by atoms with Gasteiger partial charge in [-0.1, -0.05) is 6.07 Å². The SMILES string of the molecule is O=C(O)Oc1ccc2nc(-c3ccc4[nH]ncc4c3)c(N3CCCCC3)nc2c1. The van der Waals surface area contributed by atoms with Crippen molar-refractivity contribution in [3.8, 4) is 17.0 Å². The van der Waals surface area contributed by atoms with Gasteiger partial charge in [-0.15, -0.1) is 0 Å². The van der Waals surface area contributed by atoms with E-state index < -0.39 is 6.16 Å². The molecule has 1 aliphatic rings. The smallest absolute Gasteiger partial charge is 0.449 e. The Kier molecular flexibility index (Phi) is 4.23. The summed E-state index contributed by atoms with van der Waals surface area (Å²) in [6, 6.07) is 11.0. The monoisotopic (exact) mass is 389 g/mol. The first-order valence-electron chi connectivity index (χ1n) is 9.58. The molecule has 2 aromatic carbocycles. The fraction of sp³-hybridized carbons (Fsp3) is 0.238. The molecule has 0 amide bonds. The molecule has 4 aromatic rings. The summed E-state index contributed by atoms with van der Waals surface area (Å²) < 4.78 is 4.79. The summed E-state index contributed by atoms with van der Waals surface area (Å²) in [5.74, 6) is 1.05. The van der Waals surface area contributed by atoms with E-state index in [4.69, 9.17) is 19.8 Å². The van der Waals surface area contributed by atoms with Crippen LogP contribution < -0.4 is 9.64 Å². The van der Waals surface area contributed by atoms with E-state index in [1.54, 1.807) is 24.4 Å². The lowest BCUT2D eigenvalue weighted by Crippen LogP contribution is -2.31. The number of hydrogen-bond acceptors (Lipinski definition) is 6. The highest BCUT2D eigenvalue weighted by Gasteiger charge is 2.20. The number of rotatable bonds is 3. The molecule has 8 nitrogen and oxygen atoms in total. The number of hydrogen-bond donors (Lipinski definition) is 2. The third-order valence-corrected chi connectivity index (χ3v) is 5.19. The van der Waals surface area contributed by atoms with Crippen LogP contribution in [0.5, 0.6) is 5.75 Å². The van der Waals surface area contributed by atoms with Crippen LogP contribution in [0.1, 0.15) is 19.3 Å². The number of fused-ring (bicyclic) bond motifs is 2. The van der Waals surface area contributed by atoms with Crippen molar-refractivity contribution in [2.24, 2.45) is 0 Å². The molecule has 29 heavy (non-hydrogen) atoms. The predicted octanol–water partition coefficient (Wildman–Crippen LogP) is 4.22. The van der Waals surface area contributed by atoms with Crippen molar-refractivity contribution in [2.75, 3.05) is 18.0 Å². The number of aromatic nitrogens is 4. The molecule has 0 aliphatic carbocycles. The number of carboxylic acid groups (broad SMARTS) is 1. The maximum absolute atomic E-state index is 10.9. The number of anilines is 1. The molecule has 146 valence electrons. The normalized spacial score (nSPS) is 14.4. The number of aromatic amines is 1. The Balaban J connectivity index is 1.68. The van der Waals surface area contributed by atoms with Gasteiger partial charge < -0.3 is 14.7 Å². The fourth-order valence-corrected chi connectivity index (χ4v) is 3.80. The second-order valence-corrected chi connectivity index (χ2v) is 7.13. The van der Waals surface area contributed by atoms with Crippen molar-refractivity contribution < 1.29 is 14.6 Å². The number of nitrogens with zero attached hydrogens (tertiary/aromatic N) is 4. The van der Waals surface area contributed by atoms with E-state index in [2.05, 4.69) is 21.2 Å². The van der Waals surface area contributed by atoms with Crippen LogP contribution in [-0.2, 0) is 0 Å². The lowest BCUT2D eigenvalue weighted by molar-refractivity contribution is 0.144. The van der Waals surface area contributed by atoms with Crippen molar-refractivity contribution >= 4 is 33.9 Å². The molecule has 1 saturated heterocycles. The summed E-state index contributed by atoms with van der Waals surface area (Å²) in [4.78, 5) is 22.9. The van der Waals surface area contributed by atoms with Crippen LogP contribution in [0, 0.1) is 0 Å². The van der Waals surface area contributed by atoms with Gasteiger partial charge in [-0.25, -0.2) is 14.8 Å². The van der Waals surface area contributed by atoms with Crippen LogP contribution >= 0.6 is 0 Å². The molecule has 8 heteroatoms. The number of piperidine rings is 1. The molecule has 2 N–H and O–H groups in total. The van der Waals surface area contributed by atoms with Crippen molar-refractivity contribution in [2.45, 2.75) is 19.3 Å². The molecule has 2 aromatic heterocycles. The first kappa shape index (κ1) is 17.4. The van der Waals surface area contributed by atoms with Crippen LogP contribution in [0.2, 0.25) is 0 Å². The van der Waals surface area contributed by atoms with E-state index in [9.17, 15) is 4.79 Å². The Labute approximate surface area is 166 Å². The standard InChI is InChI=1S/C21H19N5O3/c27-21(28)29-15-5-7-17-18(11-15)24-20(26-8-2-1-3-9-26)19(23-17)13-4-6-16-14(10-13)12-22-25-16/h4-7,10-12H,1-3,8-9H2,(H,22,25)(H,27,28). The van der Waals surface area contributed by atoms with E-state index >= 15 is 0 Å². The fourth-order valence-electron chi connectivity index (χ4n) is 3.80. The minimum atomic E-state index is -1.35. The third-order valence-electron chi connectivity index (χ3n) is 5.19. The summed E-state index contributed by atoms with van der Waals surface area (Å²) in [6.45, 7) is 1.85. The van der Waals surface area contributed by atoms with Crippen molar-refractivity contribution in [1.82, 2.24) is 20.2 Å². The van der Waals surface area contributed by atoms with Gasteiger partial charge in [0.05, 0.1) is 22.7 Å². The number of benzene rings is 2. The number of carbonyl (C=O) groups is 1. The van der Waals surface area contributed by atoms with Gasteiger partial charge in [-0.05, 0) is 43.5 Å². The number of H-pyrrole nitrogens is 1. The topological polar surface area (TPSA) is 104 Å². The summed E-state index contributed by atoms with van der Waals surface area (Å²) in [7, 11) is 0. The average molecular weight is 389 g/mol. The molecule has 1 aliphatic heterocycles. The van der Waals surface area contributed by atoms with Crippen LogP contribution in [0.15, 0.2) is 42.6 Å². The van der Waals surface area contributed by atoms with Gasteiger partial charge in [0.1, 0.15) is 11.4 Å². The van der Waals surface area contributed by atoms with Crippen LogP contribution in [0.4, 0.5) is 10.6 Å². The summed E-state index contributed by atoms with van der Waals surface area (Å²) in [6.07, 6.45) is 3.89. The van der Waals surface area contributed by atoms with Gasteiger partial charge in [-0.2, -0.15) is 5.10 Å². The van der Waals surface area contributed by atoms with Gasteiger partial charge >= 0.3 is 6.16 Å². The molecule has 0 atom stereocenters. The van der Waals surface area contributed by atoms with Gasteiger partial charge in [-0.3, -0.25) is 5.10 Å². The molecule has 1 fully saturated rings. The highest BCUT2D eigenvalue weighted by molar-refractivity contribution is 5.89. The highest BCUT2D eigenvalue weighted by Crippen LogP contribution is 2.33. The Morgan fingerprint density at radius 1 is 1.03 bits per heavy atom. The molecule has 5 rings (SSSR count). The first-order valence-corrected chi connectivity index (χ1v) is 9.58. The van der Waals surface area contributed by atoms with Gasteiger partial charge in [0.2, 0.25) is 0 Å². The van der Waals surface area contributed by atoms with E-state index in [-0.39, 0.29) is 5.75 Å². The van der Waals surface area contributed by atoms with E-state index in [1.807, 2.05) is 12.1 Å². The molecule has 3 heterocycles. The van der Waals surface area contributed by atoms with Crippen molar-refractivity contribution in [3.05, 3.63) is 42.6 Å². The van der Waals surface area contributed by atoms with Crippen LogP contribution in [0.25, 0.3) is 33.2 Å². The minimum absolute atomic E-state index is 0.233. The average Bonchev–Trinajstić information content (AvgIpc) is 3.21. The quantitative estimate of drug-likeness (QED) is 0.399. The summed E-state index contributed by atoms with van der Waals surface area (Å²) >= 11 is 0. The summed E-state index contributed by atoms with van der Waals surface area (Å²) in [5, 5.41) is 17.0. The first-order chi connectivity index (χ1) is 14.2. The molecular formula is C21H19N5O3. The number of ether oxygens (including phenoxy) is 1. The molecule has 0 unspecified atom stereocenters. The molecule has 0 bridgehead atoms. The van der Waals surface area contributed by atoms with E-state index in [1.165, 1.54) is 6.42 Å². The maximum Gasteiger partial charge on any atom is 0.511 e. The largest absolute Gasteiger partial charge is 0.511 e. The lowest BCUT2D eigenvalue weighted by Gasteiger charge is -2.29. The minimum Gasteiger partial charge on any atom is -0.449 e. The molecule has 0 saturated carbocycles. The molecule has 0 spiro atoms. The Bertz CT molecular complexity index is 1210. The highest BCUT2D eigenvalue weighted by atomic mass is 16.7. The summed E-state index contributed by atoms with van der Waals surface area (Å²) in [5.41, 5.74) is 4.05. The molecule has 0 radical (unpaired) electrons. The van der Waals surface area contributed by atoms with Gasteiger partial charge in [0.25, 0.3) is 0 Å². The number of nitrogens with one attached hydrogen (secondary N) is 1. The maximum atomic E-state index is 10.9. The van der Waals surface area contributed by atoms with Gasteiger partial charge in [0, 0.05) is 30.1 Å². The Morgan fingerprint density at radius 3 is 2.72 bits per heavy atom. The molecular weight excluding hydrogens is 370 g/mol. The van der Waals surface area contributed by atoms with Crippen molar-refractivity contribution in [3.63, 3.8) is 0 Å².